The van der Waals surface area contributed by atoms with Crippen molar-refractivity contribution in [3.8, 4) is 0 Å². The Morgan fingerprint density at radius 2 is 1.74 bits per heavy atom. The zero-order valence-electron chi connectivity index (χ0n) is 14.1. The number of rotatable bonds is 5. The Bertz CT molecular complexity index is 876. The lowest BCUT2D eigenvalue weighted by atomic mass is 10.1. The molecule has 2 aromatic carbocycles. The van der Waals surface area contributed by atoms with E-state index in [1.807, 2.05) is 0 Å². The van der Waals surface area contributed by atoms with E-state index in [0.29, 0.717) is 0 Å². The molecule has 0 spiro atoms. The standard InChI is InChI=1S/C19H16F4N2O2/c20-15-4-2-1-3-12(15)9-17(26)25-16-8-7-13(10-14(16)19(21,22)23)24-18(27)11-5-6-11/h1-4,7-8,10-11H,5-6,9H2,(H,24,27)(H,25,26). The van der Waals surface area contributed by atoms with Gasteiger partial charge in [0, 0.05) is 11.6 Å². The third-order valence-electron chi connectivity index (χ3n) is 4.12. The molecule has 2 aromatic rings. The molecule has 2 amide bonds. The quantitative estimate of drug-likeness (QED) is 0.757. The van der Waals surface area contributed by atoms with Crippen LogP contribution in [0.3, 0.4) is 0 Å². The minimum Gasteiger partial charge on any atom is -0.326 e. The zero-order chi connectivity index (χ0) is 19.6. The first kappa shape index (κ1) is 18.9. The van der Waals surface area contributed by atoms with Crippen LogP contribution in [-0.2, 0) is 22.2 Å². The molecule has 1 fully saturated rings. The van der Waals surface area contributed by atoms with Crippen molar-refractivity contribution in [1.29, 1.82) is 0 Å². The van der Waals surface area contributed by atoms with Crippen molar-refractivity contribution in [2.24, 2.45) is 5.92 Å². The van der Waals surface area contributed by atoms with Crippen LogP contribution >= 0.6 is 0 Å². The monoisotopic (exact) mass is 380 g/mol. The Morgan fingerprint density at radius 1 is 1.04 bits per heavy atom. The lowest BCUT2D eigenvalue weighted by Crippen LogP contribution is -2.19. The molecular formula is C19H16F4N2O2. The van der Waals surface area contributed by atoms with Crippen molar-refractivity contribution in [3.05, 3.63) is 59.4 Å². The second-order valence-corrected chi connectivity index (χ2v) is 6.34. The lowest BCUT2D eigenvalue weighted by Gasteiger charge is -2.16. The molecule has 1 aliphatic carbocycles. The Balaban J connectivity index is 1.78. The molecule has 0 atom stereocenters. The fourth-order valence-corrected chi connectivity index (χ4v) is 2.56. The average molecular weight is 380 g/mol. The normalized spacial score (nSPS) is 13.9. The first-order chi connectivity index (χ1) is 12.7. The van der Waals surface area contributed by atoms with Crippen LogP contribution in [0, 0.1) is 11.7 Å². The third-order valence-corrected chi connectivity index (χ3v) is 4.12. The predicted molar refractivity (Wildman–Crippen MR) is 91.5 cm³/mol. The van der Waals surface area contributed by atoms with Crippen molar-refractivity contribution in [2.45, 2.75) is 25.4 Å². The third kappa shape index (κ3) is 4.84. The molecule has 0 saturated heterocycles. The molecule has 0 aromatic heterocycles. The van der Waals surface area contributed by atoms with Gasteiger partial charge in [-0.05, 0) is 42.7 Å². The van der Waals surface area contributed by atoms with E-state index in [-0.39, 0.29) is 23.1 Å². The summed E-state index contributed by atoms with van der Waals surface area (Å²) in [5.74, 6) is -1.86. The van der Waals surface area contributed by atoms with Gasteiger partial charge in [-0.15, -0.1) is 0 Å². The summed E-state index contributed by atoms with van der Waals surface area (Å²) in [6.45, 7) is 0. The summed E-state index contributed by atoms with van der Waals surface area (Å²) in [4.78, 5) is 23.8. The number of amides is 2. The molecule has 8 heteroatoms. The molecule has 4 nitrogen and oxygen atoms in total. The van der Waals surface area contributed by atoms with E-state index in [1.54, 1.807) is 0 Å². The van der Waals surface area contributed by atoms with Gasteiger partial charge in [0.25, 0.3) is 0 Å². The maximum absolute atomic E-state index is 13.6. The van der Waals surface area contributed by atoms with Crippen LogP contribution < -0.4 is 10.6 Å². The highest BCUT2D eigenvalue weighted by Gasteiger charge is 2.35. The van der Waals surface area contributed by atoms with Gasteiger partial charge < -0.3 is 10.6 Å². The number of nitrogens with one attached hydrogen (secondary N) is 2. The fraction of sp³-hybridized carbons (Fsp3) is 0.263. The van der Waals surface area contributed by atoms with Crippen LogP contribution in [0.5, 0.6) is 0 Å². The highest BCUT2D eigenvalue weighted by atomic mass is 19.4. The van der Waals surface area contributed by atoms with Crippen LogP contribution in [-0.4, -0.2) is 11.8 Å². The molecule has 0 heterocycles. The summed E-state index contributed by atoms with van der Waals surface area (Å²) in [6, 6.07) is 8.67. The maximum atomic E-state index is 13.6. The van der Waals surface area contributed by atoms with Crippen LogP contribution in [0.4, 0.5) is 28.9 Å². The number of halogens is 4. The van der Waals surface area contributed by atoms with Gasteiger partial charge in [0.1, 0.15) is 5.82 Å². The smallest absolute Gasteiger partial charge is 0.326 e. The van der Waals surface area contributed by atoms with Gasteiger partial charge in [-0.3, -0.25) is 9.59 Å². The number of anilines is 2. The van der Waals surface area contributed by atoms with E-state index in [2.05, 4.69) is 10.6 Å². The Morgan fingerprint density at radius 3 is 2.37 bits per heavy atom. The zero-order valence-corrected chi connectivity index (χ0v) is 14.1. The molecule has 2 N–H and O–H groups in total. The molecule has 142 valence electrons. The summed E-state index contributed by atoms with van der Waals surface area (Å²) in [5, 5.41) is 4.61. The van der Waals surface area contributed by atoms with Gasteiger partial charge in [-0.25, -0.2) is 4.39 Å². The minimum absolute atomic E-state index is 0.00586. The van der Waals surface area contributed by atoms with Crippen LogP contribution in [0.2, 0.25) is 0 Å². The van der Waals surface area contributed by atoms with Gasteiger partial charge >= 0.3 is 6.18 Å². The van der Waals surface area contributed by atoms with E-state index in [1.165, 1.54) is 30.3 Å². The summed E-state index contributed by atoms with van der Waals surface area (Å²) >= 11 is 0. The Kier molecular flexibility index (Phi) is 5.16. The van der Waals surface area contributed by atoms with Gasteiger partial charge in [0.15, 0.2) is 0 Å². The number of hydrogen-bond acceptors (Lipinski definition) is 2. The summed E-state index contributed by atoms with van der Waals surface area (Å²) in [6.07, 6.45) is -3.69. The number of carbonyl (C=O) groups is 2. The molecule has 1 aliphatic rings. The predicted octanol–water partition coefficient (Wildman–Crippen LogP) is 4.37. The SMILES string of the molecule is O=C(Cc1ccccc1F)Nc1ccc(NC(=O)C2CC2)cc1C(F)(F)F. The van der Waals surface area contributed by atoms with E-state index >= 15 is 0 Å². The molecule has 0 unspecified atom stereocenters. The van der Waals surface area contributed by atoms with Gasteiger partial charge in [0.05, 0.1) is 17.7 Å². The average Bonchev–Trinajstić information content (AvgIpc) is 3.42. The van der Waals surface area contributed by atoms with Gasteiger partial charge in [0.2, 0.25) is 11.8 Å². The molecule has 1 saturated carbocycles. The topological polar surface area (TPSA) is 58.2 Å². The number of benzene rings is 2. The molecule has 0 aliphatic heterocycles. The lowest BCUT2D eigenvalue weighted by molar-refractivity contribution is -0.137. The maximum Gasteiger partial charge on any atom is 0.418 e. The van der Waals surface area contributed by atoms with Crippen LogP contribution in [0.1, 0.15) is 24.0 Å². The number of alkyl halides is 3. The fourth-order valence-electron chi connectivity index (χ4n) is 2.56. The van der Waals surface area contributed by atoms with E-state index < -0.39 is 35.6 Å². The number of carbonyl (C=O) groups excluding carboxylic acids is 2. The Labute approximate surface area is 152 Å². The van der Waals surface area contributed by atoms with E-state index in [4.69, 9.17) is 0 Å². The van der Waals surface area contributed by atoms with Gasteiger partial charge in [-0.1, -0.05) is 18.2 Å². The van der Waals surface area contributed by atoms with Crippen molar-refractivity contribution in [2.75, 3.05) is 10.6 Å². The Hall–Kier alpha value is -2.90. The summed E-state index contributed by atoms with van der Waals surface area (Å²) in [5.41, 5.74) is -1.45. The first-order valence-electron chi connectivity index (χ1n) is 8.29. The summed E-state index contributed by atoms with van der Waals surface area (Å²) in [7, 11) is 0. The minimum atomic E-state index is -4.74. The van der Waals surface area contributed by atoms with Crippen molar-refractivity contribution < 1.29 is 27.2 Å². The second kappa shape index (κ2) is 7.38. The van der Waals surface area contributed by atoms with Crippen LogP contribution in [0.25, 0.3) is 0 Å². The highest BCUT2D eigenvalue weighted by Crippen LogP contribution is 2.37. The van der Waals surface area contributed by atoms with Crippen LogP contribution in [0.15, 0.2) is 42.5 Å². The second-order valence-electron chi connectivity index (χ2n) is 6.34. The molecule has 0 radical (unpaired) electrons. The highest BCUT2D eigenvalue weighted by molar-refractivity contribution is 5.96. The van der Waals surface area contributed by atoms with Crippen molar-refractivity contribution in [3.63, 3.8) is 0 Å². The number of hydrogen-bond donors (Lipinski definition) is 2. The van der Waals surface area contributed by atoms with Crippen molar-refractivity contribution >= 4 is 23.2 Å². The van der Waals surface area contributed by atoms with E-state index in [9.17, 15) is 27.2 Å². The molecular weight excluding hydrogens is 364 g/mol. The first-order valence-corrected chi connectivity index (χ1v) is 8.29. The van der Waals surface area contributed by atoms with E-state index in [0.717, 1.165) is 25.0 Å². The largest absolute Gasteiger partial charge is 0.418 e. The summed E-state index contributed by atoms with van der Waals surface area (Å²) < 4.78 is 53.7. The van der Waals surface area contributed by atoms with Gasteiger partial charge in [-0.2, -0.15) is 13.2 Å². The molecule has 27 heavy (non-hydrogen) atoms. The molecule has 3 rings (SSSR count). The van der Waals surface area contributed by atoms with Crippen molar-refractivity contribution in [1.82, 2.24) is 0 Å². The molecule has 0 bridgehead atoms.